The number of aromatic nitrogens is 3. The highest BCUT2D eigenvalue weighted by Gasteiger charge is 2.24. The SMILES string of the molecule is CCc1c(F)ccc2cc(O)cc(-c3ncc4c(N5CCCC(C)C5)nc(C)nc4c3F)c12. The fourth-order valence-corrected chi connectivity index (χ4v) is 4.99. The number of phenolic OH excluding ortho intramolecular Hbond substituents is 1. The second-order valence-corrected chi connectivity index (χ2v) is 8.94. The number of hydrogen-bond acceptors (Lipinski definition) is 5. The van der Waals surface area contributed by atoms with Crippen LogP contribution in [0, 0.1) is 24.5 Å². The lowest BCUT2D eigenvalue weighted by Crippen LogP contribution is -2.35. The lowest BCUT2D eigenvalue weighted by molar-refractivity contribution is 0.445. The molecule has 0 amide bonds. The first kappa shape index (κ1) is 21.5. The summed E-state index contributed by atoms with van der Waals surface area (Å²) in [6.45, 7) is 7.52. The summed E-state index contributed by atoms with van der Waals surface area (Å²) in [5.74, 6) is 0.715. The highest BCUT2D eigenvalue weighted by molar-refractivity contribution is 6.01. The lowest BCUT2D eigenvalue weighted by Gasteiger charge is -2.32. The maximum absolute atomic E-state index is 16.0. The lowest BCUT2D eigenvalue weighted by atomic mass is 9.94. The van der Waals surface area contributed by atoms with Gasteiger partial charge in [0.1, 0.15) is 34.4 Å². The number of fused-ring (bicyclic) bond motifs is 2. The molecule has 1 unspecified atom stereocenters. The predicted octanol–water partition coefficient (Wildman–Crippen LogP) is 5.94. The number of halogens is 2. The minimum absolute atomic E-state index is 0.0330. The number of rotatable bonds is 3. The molecule has 33 heavy (non-hydrogen) atoms. The zero-order chi connectivity index (χ0) is 23.3. The number of hydrogen-bond donors (Lipinski definition) is 1. The highest BCUT2D eigenvalue weighted by atomic mass is 19.1. The third-order valence-electron chi connectivity index (χ3n) is 6.49. The molecule has 0 saturated carbocycles. The number of pyridine rings is 1. The van der Waals surface area contributed by atoms with Crippen LogP contribution in [-0.2, 0) is 6.42 Å². The second-order valence-electron chi connectivity index (χ2n) is 8.94. The Kier molecular flexibility index (Phi) is 5.35. The first-order valence-electron chi connectivity index (χ1n) is 11.4. The van der Waals surface area contributed by atoms with Crippen molar-refractivity contribution in [2.45, 2.75) is 40.0 Å². The summed E-state index contributed by atoms with van der Waals surface area (Å²) >= 11 is 0. The standard InChI is InChI=1S/C26H26F2N4O/c1-4-18-21(27)8-7-16-10-17(33)11-19(22(16)18)24-23(28)25-20(12-29-24)26(31-15(3)30-25)32-9-5-6-14(2)13-32/h7-8,10-12,14,33H,4-6,9,13H2,1-3H3. The number of phenols is 1. The van der Waals surface area contributed by atoms with Gasteiger partial charge in [-0.3, -0.25) is 4.98 Å². The molecule has 0 aliphatic carbocycles. The molecular weight excluding hydrogens is 422 g/mol. The van der Waals surface area contributed by atoms with Crippen molar-refractivity contribution in [2.75, 3.05) is 18.0 Å². The van der Waals surface area contributed by atoms with E-state index in [0.29, 0.717) is 51.3 Å². The maximum atomic E-state index is 16.0. The molecule has 1 fully saturated rings. The predicted molar refractivity (Wildman–Crippen MR) is 127 cm³/mol. The molecule has 170 valence electrons. The summed E-state index contributed by atoms with van der Waals surface area (Å²) in [7, 11) is 0. The summed E-state index contributed by atoms with van der Waals surface area (Å²) in [6.07, 6.45) is 4.24. The Morgan fingerprint density at radius 1 is 1.18 bits per heavy atom. The Hall–Kier alpha value is -3.35. The topological polar surface area (TPSA) is 62.1 Å². The molecule has 7 heteroatoms. The van der Waals surface area contributed by atoms with Crippen LogP contribution < -0.4 is 4.90 Å². The van der Waals surface area contributed by atoms with Crippen molar-refractivity contribution in [3.05, 3.63) is 53.5 Å². The molecule has 5 rings (SSSR count). The van der Waals surface area contributed by atoms with E-state index >= 15 is 4.39 Å². The van der Waals surface area contributed by atoms with Crippen molar-refractivity contribution in [3.8, 4) is 17.0 Å². The highest BCUT2D eigenvalue weighted by Crippen LogP contribution is 2.38. The quantitative estimate of drug-likeness (QED) is 0.421. The Morgan fingerprint density at radius 3 is 2.76 bits per heavy atom. The van der Waals surface area contributed by atoms with Crippen molar-refractivity contribution in [3.63, 3.8) is 0 Å². The van der Waals surface area contributed by atoms with Gasteiger partial charge in [-0.05, 0) is 66.6 Å². The minimum Gasteiger partial charge on any atom is -0.508 e. The zero-order valence-corrected chi connectivity index (χ0v) is 19.0. The van der Waals surface area contributed by atoms with Crippen LogP contribution in [-0.4, -0.2) is 33.1 Å². The fraction of sp³-hybridized carbons (Fsp3) is 0.346. The number of aryl methyl sites for hydroxylation is 2. The van der Waals surface area contributed by atoms with E-state index in [1.54, 1.807) is 25.3 Å². The zero-order valence-electron chi connectivity index (χ0n) is 19.0. The largest absolute Gasteiger partial charge is 0.508 e. The van der Waals surface area contributed by atoms with Gasteiger partial charge in [0.2, 0.25) is 0 Å². The van der Waals surface area contributed by atoms with Gasteiger partial charge in [0.25, 0.3) is 0 Å². The second kappa shape index (κ2) is 8.21. The van der Waals surface area contributed by atoms with Crippen LogP contribution in [0.15, 0.2) is 30.5 Å². The Balaban J connectivity index is 1.77. The Labute approximate surface area is 191 Å². The van der Waals surface area contributed by atoms with Crippen LogP contribution in [0.3, 0.4) is 0 Å². The van der Waals surface area contributed by atoms with Gasteiger partial charge in [-0.15, -0.1) is 0 Å². The van der Waals surface area contributed by atoms with Crippen molar-refractivity contribution in [1.29, 1.82) is 0 Å². The van der Waals surface area contributed by atoms with Crippen LogP contribution >= 0.6 is 0 Å². The average Bonchev–Trinajstić information content (AvgIpc) is 2.79. The van der Waals surface area contributed by atoms with Gasteiger partial charge in [0.05, 0.1) is 5.39 Å². The van der Waals surface area contributed by atoms with Crippen LogP contribution in [0.5, 0.6) is 5.75 Å². The number of piperidine rings is 1. The molecule has 4 aromatic rings. The molecule has 1 N–H and O–H groups in total. The Morgan fingerprint density at radius 2 is 2.00 bits per heavy atom. The van der Waals surface area contributed by atoms with Gasteiger partial charge in [0.15, 0.2) is 5.82 Å². The molecule has 2 aromatic heterocycles. The smallest absolute Gasteiger partial charge is 0.175 e. The van der Waals surface area contributed by atoms with Gasteiger partial charge >= 0.3 is 0 Å². The van der Waals surface area contributed by atoms with Crippen molar-refractivity contribution < 1.29 is 13.9 Å². The summed E-state index contributed by atoms with van der Waals surface area (Å²) in [5.41, 5.74) is 1.04. The number of nitrogens with zero attached hydrogens (tertiary/aromatic N) is 4. The molecular formula is C26H26F2N4O. The normalized spacial score (nSPS) is 16.6. The van der Waals surface area contributed by atoms with E-state index in [-0.39, 0.29) is 22.8 Å². The molecule has 1 aliphatic rings. The molecule has 0 bridgehead atoms. The van der Waals surface area contributed by atoms with E-state index in [1.165, 1.54) is 12.1 Å². The molecule has 5 nitrogen and oxygen atoms in total. The molecule has 0 radical (unpaired) electrons. The van der Waals surface area contributed by atoms with E-state index in [2.05, 4.69) is 26.8 Å². The first-order valence-corrected chi connectivity index (χ1v) is 11.4. The number of anilines is 1. The Bertz CT molecular complexity index is 1390. The number of aromatic hydroxyl groups is 1. The molecule has 1 atom stereocenters. The summed E-state index contributed by atoms with van der Waals surface area (Å²) < 4.78 is 30.6. The summed E-state index contributed by atoms with van der Waals surface area (Å²) in [4.78, 5) is 15.7. The van der Waals surface area contributed by atoms with E-state index < -0.39 is 5.82 Å². The van der Waals surface area contributed by atoms with Gasteiger partial charge < -0.3 is 10.0 Å². The van der Waals surface area contributed by atoms with Crippen molar-refractivity contribution in [2.24, 2.45) is 5.92 Å². The van der Waals surface area contributed by atoms with Crippen molar-refractivity contribution in [1.82, 2.24) is 15.0 Å². The van der Waals surface area contributed by atoms with Crippen molar-refractivity contribution >= 4 is 27.5 Å². The van der Waals surface area contributed by atoms with Crippen LogP contribution in [0.1, 0.15) is 38.1 Å². The van der Waals surface area contributed by atoms with E-state index in [0.717, 1.165) is 25.9 Å². The third kappa shape index (κ3) is 3.65. The monoisotopic (exact) mass is 448 g/mol. The van der Waals surface area contributed by atoms with Crippen LogP contribution in [0.4, 0.5) is 14.6 Å². The molecule has 1 saturated heterocycles. The molecule has 2 aromatic carbocycles. The molecule has 1 aliphatic heterocycles. The van der Waals surface area contributed by atoms with Crippen LogP contribution in [0.2, 0.25) is 0 Å². The molecule has 3 heterocycles. The fourth-order valence-electron chi connectivity index (χ4n) is 4.99. The first-order chi connectivity index (χ1) is 15.9. The van der Waals surface area contributed by atoms with E-state index in [1.807, 2.05) is 6.92 Å². The van der Waals surface area contributed by atoms with E-state index in [4.69, 9.17) is 0 Å². The van der Waals surface area contributed by atoms with Gasteiger partial charge in [0, 0.05) is 24.8 Å². The number of benzene rings is 2. The summed E-state index contributed by atoms with van der Waals surface area (Å²) in [5, 5.41) is 12.1. The van der Waals surface area contributed by atoms with Gasteiger partial charge in [-0.25, -0.2) is 18.7 Å². The minimum atomic E-state index is -0.595. The van der Waals surface area contributed by atoms with Gasteiger partial charge in [-0.2, -0.15) is 0 Å². The molecule has 0 spiro atoms. The maximum Gasteiger partial charge on any atom is 0.175 e. The van der Waals surface area contributed by atoms with Gasteiger partial charge in [-0.1, -0.05) is 19.9 Å². The summed E-state index contributed by atoms with van der Waals surface area (Å²) in [6, 6.07) is 5.96. The van der Waals surface area contributed by atoms with E-state index in [9.17, 15) is 9.50 Å². The van der Waals surface area contributed by atoms with Crippen LogP contribution in [0.25, 0.3) is 32.9 Å². The third-order valence-corrected chi connectivity index (χ3v) is 6.49. The average molecular weight is 449 g/mol.